The Morgan fingerprint density at radius 1 is 1.50 bits per heavy atom. The summed E-state index contributed by atoms with van der Waals surface area (Å²) in [7, 11) is 0. The van der Waals surface area contributed by atoms with Crippen LogP contribution in [0.3, 0.4) is 0 Å². The summed E-state index contributed by atoms with van der Waals surface area (Å²) < 4.78 is 25.0. The van der Waals surface area contributed by atoms with Gasteiger partial charge in [-0.1, -0.05) is 13.3 Å². The zero-order valence-electron chi connectivity index (χ0n) is 11.9. The van der Waals surface area contributed by atoms with Gasteiger partial charge in [0.2, 0.25) is 5.67 Å². The molecule has 6 atom stereocenters. The van der Waals surface area contributed by atoms with Crippen LogP contribution in [0, 0.1) is 17.8 Å². The predicted molar refractivity (Wildman–Crippen MR) is 68.5 cm³/mol. The van der Waals surface area contributed by atoms with Gasteiger partial charge in [-0.3, -0.25) is 4.79 Å². The van der Waals surface area contributed by atoms with Gasteiger partial charge in [0, 0.05) is 11.8 Å². The minimum Gasteiger partial charge on any atom is -0.458 e. The molecule has 0 radical (unpaired) electrons. The number of carbonyl (C=O) groups excluding carboxylic acids is 2. The van der Waals surface area contributed by atoms with Crippen molar-refractivity contribution in [3.8, 4) is 0 Å². The Morgan fingerprint density at radius 2 is 2.25 bits per heavy atom. The molecule has 4 nitrogen and oxygen atoms in total. The van der Waals surface area contributed by atoms with Gasteiger partial charge in [-0.15, -0.1) is 0 Å². The molecule has 112 valence electrons. The van der Waals surface area contributed by atoms with E-state index in [-0.39, 0.29) is 36.2 Å². The highest BCUT2D eigenvalue weighted by molar-refractivity contribution is 5.80. The van der Waals surface area contributed by atoms with Crippen LogP contribution in [0.5, 0.6) is 0 Å². The van der Waals surface area contributed by atoms with E-state index >= 15 is 0 Å². The molecular weight excluding hydrogens is 263 g/mol. The average molecular weight is 284 g/mol. The Kier molecular flexibility index (Phi) is 3.26. The number of alkyl halides is 1. The molecule has 0 N–H and O–H groups in total. The zero-order chi connectivity index (χ0) is 14.5. The van der Waals surface area contributed by atoms with E-state index in [1.54, 1.807) is 0 Å². The second kappa shape index (κ2) is 4.71. The van der Waals surface area contributed by atoms with Crippen LogP contribution >= 0.6 is 0 Å². The minimum absolute atomic E-state index is 0.0168. The van der Waals surface area contributed by atoms with Crippen molar-refractivity contribution in [3.63, 3.8) is 0 Å². The van der Waals surface area contributed by atoms with Gasteiger partial charge in [-0.05, 0) is 32.6 Å². The molecule has 5 heteroatoms. The minimum atomic E-state index is -1.94. The highest BCUT2D eigenvalue weighted by Crippen LogP contribution is 2.55. The average Bonchev–Trinajstić information content (AvgIpc) is 3.00. The number of esters is 2. The first-order valence-electron chi connectivity index (χ1n) is 7.54. The van der Waals surface area contributed by atoms with Crippen LogP contribution in [-0.2, 0) is 19.1 Å². The van der Waals surface area contributed by atoms with E-state index in [9.17, 15) is 14.0 Å². The monoisotopic (exact) mass is 284 g/mol. The number of fused-ring (bicyclic) bond motifs is 1. The Labute approximate surface area is 118 Å². The van der Waals surface area contributed by atoms with Crippen molar-refractivity contribution in [1.29, 1.82) is 0 Å². The topological polar surface area (TPSA) is 52.6 Å². The van der Waals surface area contributed by atoms with E-state index in [0.717, 1.165) is 19.3 Å². The standard InChI is InChI=1S/C15H21FO4/c1-3-4-5-15(2,16)14(18)20-11-8-6-9-10(7-8)13(17)19-12(9)11/h8-12H,3-7H2,1-2H3. The third-order valence-electron chi connectivity index (χ3n) is 5.08. The molecule has 6 unspecified atom stereocenters. The first kappa shape index (κ1) is 13.8. The molecule has 0 aromatic rings. The molecule has 0 aromatic carbocycles. The first-order valence-corrected chi connectivity index (χ1v) is 7.54. The van der Waals surface area contributed by atoms with E-state index < -0.39 is 17.7 Å². The molecule has 2 saturated carbocycles. The Hall–Kier alpha value is -1.13. The van der Waals surface area contributed by atoms with Gasteiger partial charge in [0.1, 0.15) is 12.2 Å². The van der Waals surface area contributed by atoms with Gasteiger partial charge in [0.15, 0.2) is 0 Å². The van der Waals surface area contributed by atoms with Gasteiger partial charge < -0.3 is 9.47 Å². The summed E-state index contributed by atoms with van der Waals surface area (Å²) >= 11 is 0. The van der Waals surface area contributed by atoms with Crippen molar-refractivity contribution in [2.75, 3.05) is 0 Å². The molecule has 0 aromatic heterocycles. The maximum atomic E-state index is 14.3. The fourth-order valence-electron chi connectivity index (χ4n) is 3.92. The molecular formula is C15H21FO4. The normalized spacial score (nSPS) is 40.5. The molecule has 3 fully saturated rings. The molecule has 1 heterocycles. The molecule has 0 amide bonds. The first-order chi connectivity index (χ1) is 9.44. The van der Waals surface area contributed by atoms with Crippen LogP contribution in [0.15, 0.2) is 0 Å². The summed E-state index contributed by atoms with van der Waals surface area (Å²) in [6, 6.07) is 0. The van der Waals surface area contributed by atoms with Crippen molar-refractivity contribution in [2.45, 2.75) is 63.8 Å². The van der Waals surface area contributed by atoms with E-state index in [2.05, 4.69) is 0 Å². The second-order valence-corrected chi connectivity index (χ2v) is 6.57. The SMILES string of the molecule is CCCCC(C)(F)C(=O)OC1C2CC3C(=O)OC1C3C2. The van der Waals surface area contributed by atoms with Crippen LogP contribution in [0.4, 0.5) is 4.39 Å². The highest BCUT2D eigenvalue weighted by atomic mass is 19.1. The number of carbonyl (C=O) groups is 2. The number of hydrogen-bond donors (Lipinski definition) is 0. The third kappa shape index (κ3) is 2.02. The van der Waals surface area contributed by atoms with Crippen molar-refractivity contribution in [3.05, 3.63) is 0 Å². The summed E-state index contributed by atoms with van der Waals surface area (Å²) in [6.07, 6.45) is 2.47. The molecule has 0 spiro atoms. The maximum Gasteiger partial charge on any atom is 0.344 e. The van der Waals surface area contributed by atoms with E-state index in [1.807, 2.05) is 6.92 Å². The van der Waals surface area contributed by atoms with Crippen molar-refractivity contribution in [1.82, 2.24) is 0 Å². The largest absolute Gasteiger partial charge is 0.458 e. The number of hydrogen-bond acceptors (Lipinski definition) is 4. The van der Waals surface area contributed by atoms with Gasteiger partial charge in [-0.2, -0.15) is 0 Å². The quantitative estimate of drug-likeness (QED) is 0.727. The summed E-state index contributed by atoms with van der Waals surface area (Å²) in [5, 5.41) is 0. The van der Waals surface area contributed by atoms with Crippen molar-refractivity contribution < 1.29 is 23.5 Å². The van der Waals surface area contributed by atoms with Gasteiger partial charge in [0.05, 0.1) is 5.92 Å². The van der Waals surface area contributed by atoms with Crippen LogP contribution in [0.1, 0.15) is 46.0 Å². The van der Waals surface area contributed by atoms with Crippen LogP contribution in [-0.4, -0.2) is 29.8 Å². The molecule has 3 rings (SSSR count). The molecule has 2 bridgehead atoms. The van der Waals surface area contributed by atoms with Crippen molar-refractivity contribution >= 4 is 11.9 Å². The maximum absolute atomic E-state index is 14.3. The van der Waals surface area contributed by atoms with Crippen molar-refractivity contribution in [2.24, 2.45) is 17.8 Å². The molecule has 20 heavy (non-hydrogen) atoms. The number of rotatable bonds is 5. The molecule has 3 aliphatic rings. The molecule has 1 saturated heterocycles. The van der Waals surface area contributed by atoms with E-state index in [1.165, 1.54) is 6.92 Å². The Balaban J connectivity index is 1.64. The second-order valence-electron chi connectivity index (χ2n) is 6.57. The smallest absolute Gasteiger partial charge is 0.344 e. The summed E-state index contributed by atoms with van der Waals surface area (Å²) in [6.45, 7) is 3.23. The fourth-order valence-corrected chi connectivity index (χ4v) is 3.92. The highest BCUT2D eigenvalue weighted by Gasteiger charge is 2.63. The Bertz CT molecular complexity index is 434. The van der Waals surface area contributed by atoms with E-state index in [4.69, 9.17) is 9.47 Å². The van der Waals surface area contributed by atoms with Gasteiger partial charge in [-0.25, -0.2) is 9.18 Å². The van der Waals surface area contributed by atoms with Crippen LogP contribution in [0.2, 0.25) is 0 Å². The van der Waals surface area contributed by atoms with Crippen LogP contribution in [0.25, 0.3) is 0 Å². The van der Waals surface area contributed by atoms with Gasteiger partial charge in [0.25, 0.3) is 0 Å². The molecule has 1 aliphatic heterocycles. The number of unbranched alkanes of at least 4 members (excludes halogenated alkanes) is 1. The lowest BCUT2D eigenvalue weighted by Crippen LogP contribution is -2.41. The predicted octanol–water partition coefficient (Wildman–Crippen LogP) is 2.40. The third-order valence-corrected chi connectivity index (χ3v) is 5.08. The lowest BCUT2D eigenvalue weighted by atomic mass is 9.88. The van der Waals surface area contributed by atoms with Crippen LogP contribution < -0.4 is 0 Å². The number of ether oxygens (including phenoxy) is 2. The lowest BCUT2D eigenvalue weighted by molar-refractivity contribution is -0.173. The Morgan fingerprint density at radius 3 is 2.95 bits per heavy atom. The summed E-state index contributed by atoms with van der Waals surface area (Å²) in [5.74, 6) is -0.658. The fraction of sp³-hybridized carbons (Fsp3) is 0.867. The molecule has 2 aliphatic carbocycles. The number of halogens is 1. The lowest BCUT2D eigenvalue weighted by Gasteiger charge is -2.28. The summed E-state index contributed by atoms with van der Waals surface area (Å²) in [4.78, 5) is 23.6. The zero-order valence-corrected chi connectivity index (χ0v) is 11.9. The van der Waals surface area contributed by atoms with E-state index in [0.29, 0.717) is 6.42 Å². The van der Waals surface area contributed by atoms with Gasteiger partial charge >= 0.3 is 11.9 Å². The summed E-state index contributed by atoms with van der Waals surface area (Å²) in [5.41, 5.74) is -1.94.